The fourth-order valence-corrected chi connectivity index (χ4v) is 2.21. The standard InChI is InChI=1S/C9H14N3O8P.2Li/c10-5-1-2-12(9(15)11-5)8-7(14)6(13)4(20-8)3-19-21(16,17)18;;/h1-2,4,6-8,13-14H,3H2,(H2,10,11,15)(H2,16,17,18);;/q;2*+1/p-2/t4-,6+,7?,8-;;/m1../s1/i1+1,2+1,3+1,4+1,5+1,6+1,7+1,8+1,9+1;;. The summed E-state index contributed by atoms with van der Waals surface area (Å²) in [5.74, 6) is -0.0391. The van der Waals surface area contributed by atoms with E-state index in [-0.39, 0.29) is 43.5 Å². The third-order valence-electron chi connectivity index (χ3n) is 2.86. The van der Waals surface area contributed by atoms with Crippen molar-refractivity contribution in [3.63, 3.8) is 0 Å². The Bertz CT molecular complexity index is 625. The Kier molecular flexibility index (Phi) is 8.76. The summed E-state index contributed by atoms with van der Waals surface area (Å²) in [6.07, 6.45) is -4.51. The molecule has 1 aliphatic rings. The van der Waals surface area contributed by atoms with E-state index in [0.29, 0.717) is 0 Å². The topological polar surface area (TPSA) is 183 Å². The number of aromatic nitrogens is 2. The average molecular weight is 344 g/mol. The molecule has 0 bridgehead atoms. The van der Waals surface area contributed by atoms with Gasteiger partial charge in [-0.1, -0.05) is 0 Å². The molecule has 0 aliphatic carbocycles. The zero-order valence-electron chi connectivity index (χ0n) is 12.4. The number of phosphoric acid groups is 1. The van der Waals surface area contributed by atoms with Crippen LogP contribution in [0.2, 0.25) is 0 Å². The molecule has 14 heteroatoms. The molecule has 1 saturated heterocycles. The Morgan fingerprint density at radius 2 is 2.00 bits per heavy atom. The van der Waals surface area contributed by atoms with Crippen LogP contribution < -0.4 is 58.9 Å². The van der Waals surface area contributed by atoms with Gasteiger partial charge in [-0.3, -0.25) is 4.57 Å². The first-order valence-electron chi connectivity index (χ1n) is 5.72. The maximum Gasteiger partial charge on any atom is 1.00 e. The Morgan fingerprint density at radius 1 is 1.39 bits per heavy atom. The Balaban J connectivity index is 0.00000242. The summed E-state index contributed by atoms with van der Waals surface area (Å²) in [6.45, 7) is -0.782. The molecule has 4 atom stereocenters. The first-order valence-corrected chi connectivity index (χ1v) is 7.18. The molecule has 0 aromatic carbocycles. The van der Waals surface area contributed by atoms with E-state index in [9.17, 15) is 29.4 Å². The number of rotatable bonds is 4. The number of nitrogens with two attached hydrogens (primary N) is 1. The maximum absolute atomic E-state index is 11.6. The van der Waals surface area contributed by atoms with Crippen LogP contribution in [0, 0.1) is 0 Å². The van der Waals surface area contributed by atoms with Crippen molar-refractivity contribution in [3.05, 3.63) is 22.7 Å². The van der Waals surface area contributed by atoms with E-state index in [0.717, 1.165) is 4.57 Å². The SMILES string of the molecule is N[13c]1[13cH][13cH]n([13C@@H]2O[13C@H]([13CH2]OP(=O)([O-])[O-])[13C@H](O)[13CH]2O)[13c](=O)n1.[Li+].[Li+]. The van der Waals surface area contributed by atoms with Crippen LogP contribution in [0.25, 0.3) is 0 Å². The average Bonchev–Trinajstić information content (AvgIpc) is 2.64. The van der Waals surface area contributed by atoms with Crippen LogP contribution in [-0.4, -0.2) is 44.7 Å². The van der Waals surface area contributed by atoms with Gasteiger partial charge in [0.2, 0.25) is 0 Å². The number of hydrogen-bond acceptors (Lipinski definition) is 10. The normalized spacial score (nSPS) is 27.1. The molecule has 2 heterocycles. The van der Waals surface area contributed by atoms with E-state index >= 15 is 0 Å². The third kappa shape index (κ3) is 5.71. The molecule has 11 nitrogen and oxygen atoms in total. The summed E-state index contributed by atoms with van der Waals surface area (Å²) in [5, 5.41) is 19.6. The van der Waals surface area contributed by atoms with E-state index in [1.807, 2.05) is 0 Å². The monoisotopic (exact) mass is 344 g/mol. The molecule has 1 aromatic heterocycles. The molecule has 0 radical (unpaired) electrons. The van der Waals surface area contributed by atoms with Crippen molar-refractivity contribution in [1.82, 2.24) is 9.55 Å². The fourth-order valence-electron chi connectivity index (χ4n) is 1.88. The summed E-state index contributed by atoms with van der Waals surface area (Å²) in [6, 6.07) is 1.27. The molecule has 2 rings (SSSR count). The van der Waals surface area contributed by atoms with Crippen LogP contribution >= 0.6 is 7.82 Å². The van der Waals surface area contributed by atoms with Gasteiger partial charge in [0.15, 0.2) is 6.23 Å². The molecule has 4 N–H and O–H groups in total. The molecule has 23 heavy (non-hydrogen) atoms. The zero-order chi connectivity index (χ0) is 15.8. The van der Waals surface area contributed by atoms with E-state index in [2.05, 4.69) is 9.51 Å². The molecule has 0 spiro atoms. The minimum atomic E-state index is -5.24. The number of aliphatic hydroxyl groups is 2. The van der Waals surface area contributed by atoms with Crippen molar-refractivity contribution in [2.24, 2.45) is 0 Å². The van der Waals surface area contributed by atoms with Crippen molar-refractivity contribution >= 4 is 13.6 Å². The number of anilines is 1. The maximum atomic E-state index is 11.6. The van der Waals surface area contributed by atoms with Gasteiger partial charge in [0.25, 0.3) is 0 Å². The van der Waals surface area contributed by atoms with E-state index in [4.69, 9.17) is 10.5 Å². The second kappa shape index (κ2) is 8.81. The minimum Gasteiger partial charge on any atom is -0.790 e. The molecule has 1 fully saturated rings. The van der Waals surface area contributed by atoms with Gasteiger partial charge < -0.3 is 39.6 Å². The van der Waals surface area contributed by atoms with Gasteiger partial charge in [0.1, 0.15) is 24.1 Å². The molecule has 0 amide bonds. The predicted molar refractivity (Wildman–Crippen MR) is 62.4 cm³/mol. The Hall–Kier alpha value is -0.135. The van der Waals surface area contributed by atoms with Gasteiger partial charge in [-0.15, -0.1) is 0 Å². The largest absolute Gasteiger partial charge is 1.00 e. The van der Waals surface area contributed by atoms with Crippen molar-refractivity contribution in [1.29, 1.82) is 0 Å². The van der Waals surface area contributed by atoms with E-state index < -0.39 is 44.7 Å². The first kappa shape index (κ1) is 22.9. The van der Waals surface area contributed by atoms with Crippen LogP contribution in [0.3, 0.4) is 0 Å². The van der Waals surface area contributed by atoms with Crippen LogP contribution in [0.1, 0.15) is 6.23 Å². The summed E-state index contributed by atoms with van der Waals surface area (Å²) in [4.78, 5) is 35.8. The van der Waals surface area contributed by atoms with Crippen LogP contribution in [0.5, 0.6) is 0 Å². The van der Waals surface area contributed by atoms with Crippen LogP contribution in [-0.2, 0) is 13.8 Å². The van der Waals surface area contributed by atoms with Crippen molar-refractivity contribution in [2.75, 3.05) is 12.3 Å². The predicted octanol–water partition coefficient (Wildman–Crippen LogP) is -9.70. The number of hydrogen-bond donors (Lipinski definition) is 3. The number of nitrogen functional groups attached to an aromatic ring is 1. The minimum absolute atomic E-state index is 0. The smallest absolute Gasteiger partial charge is 0.790 e. The van der Waals surface area contributed by atoms with Crippen LogP contribution in [0.15, 0.2) is 17.1 Å². The van der Waals surface area contributed by atoms with Crippen molar-refractivity contribution in [2.45, 2.75) is 24.5 Å². The van der Waals surface area contributed by atoms with Crippen molar-refractivity contribution < 1.29 is 71.5 Å². The Labute approximate surface area is 154 Å². The molecule has 1 unspecified atom stereocenters. The zero-order valence-corrected chi connectivity index (χ0v) is 13.3. The third-order valence-corrected chi connectivity index (χ3v) is 3.33. The summed E-state index contributed by atoms with van der Waals surface area (Å²) >= 11 is 0. The number of phosphoric ester groups is 1. The molecular formula is C9H12Li2N3O8P. The number of ether oxygens (including phenoxy) is 1. The fraction of sp³-hybridized carbons (Fsp3) is 0.556. The van der Waals surface area contributed by atoms with Gasteiger partial charge in [-0.2, -0.15) is 4.98 Å². The van der Waals surface area contributed by atoms with Gasteiger partial charge in [0.05, 0.1) is 14.4 Å². The Morgan fingerprint density at radius 3 is 2.52 bits per heavy atom. The second-order valence-electron chi connectivity index (χ2n) is 4.33. The van der Waals surface area contributed by atoms with E-state index in [1.165, 1.54) is 12.3 Å². The summed E-state index contributed by atoms with van der Waals surface area (Å²) in [5.41, 5.74) is 4.49. The van der Waals surface area contributed by atoms with Crippen LogP contribution in [0.4, 0.5) is 5.82 Å². The first-order chi connectivity index (χ1) is 9.69. The summed E-state index contributed by atoms with van der Waals surface area (Å²) in [7, 11) is -5.24. The molecule has 118 valence electrons. The quantitative estimate of drug-likeness (QED) is 0.269. The van der Waals surface area contributed by atoms with E-state index in [1.54, 1.807) is 0 Å². The molecule has 1 aromatic rings. The molecule has 1 aliphatic heterocycles. The molecular weight excluding hydrogens is 332 g/mol. The summed E-state index contributed by atoms with van der Waals surface area (Å²) < 4.78 is 20.4. The van der Waals surface area contributed by atoms with Gasteiger partial charge in [-0.05, 0) is 6.07 Å². The number of nitrogens with zero attached hydrogens (tertiary/aromatic N) is 2. The molecule has 0 saturated carbocycles. The second-order valence-corrected chi connectivity index (χ2v) is 5.48. The van der Waals surface area contributed by atoms with Gasteiger partial charge >= 0.3 is 43.4 Å². The van der Waals surface area contributed by atoms with Gasteiger partial charge in [0, 0.05) is 6.20 Å². The van der Waals surface area contributed by atoms with Gasteiger partial charge in [-0.25, -0.2) is 4.79 Å². The van der Waals surface area contributed by atoms with Crippen molar-refractivity contribution in [3.8, 4) is 0 Å². The number of aliphatic hydroxyl groups excluding tert-OH is 2.